The Bertz CT molecular complexity index is 1610. The lowest BCUT2D eigenvalue weighted by atomic mass is 10.2. The SMILES string of the molecule is COc1ccc(-n2c(=O)c3ccccc3n3c2nn2nc4ccccc4c23)cc1. The van der Waals surface area contributed by atoms with E-state index >= 15 is 0 Å². The molecule has 140 valence electrons. The third-order valence-corrected chi connectivity index (χ3v) is 5.24. The van der Waals surface area contributed by atoms with Crippen LogP contribution in [-0.2, 0) is 0 Å². The Morgan fingerprint density at radius 1 is 0.828 bits per heavy atom. The molecule has 3 aromatic heterocycles. The standard InChI is InChI=1S/C22H15N5O2/c1-29-15-12-10-14(11-13-15)25-21(28)17-7-3-5-9-19(17)26-20-16-6-2-4-8-18(16)23-27(20)24-22(25)26/h2-13H,1H3. The maximum atomic E-state index is 13.4. The summed E-state index contributed by atoms with van der Waals surface area (Å²) in [5.74, 6) is 1.23. The van der Waals surface area contributed by atoms with Crippen LogP contribution in [0.2, 0.25) is 0 Å². The average molecular weight is 381 g/mol. The lowest BCUT2D eigenvalue weighted by molar-refractivity contribution is 0.414. The number of methoxy groups -OCH3 is 1. The highest BCUT2D eigenvalue weighted by molar-refractivity contribution is 5.95. The third kappa shape index (κ3) is 2.09. The van der Waals surface area contributed by atoms with Crippen LogP contribution in [0, 0.1) is 0 Å². The van der Waals surface area contributed by atoms with Crippen molar-refractivity contribution in [3.8, 4) is 11.4 Å². The molecule has 29 heavy (non-hydrogen) atoms. The number of nitrogens with zero attached hydrogens (tertiary/aromatic N) is 5. The van der Waals surface area contributed by atoms with Gasteiger partial charge in [-0.2, -0.15) is 0 Å². The van der Waals surface area contributed by atoms with Crippen molar-refractivity contribution in [3.05, 3.63) is 83.2 Å². The second kappa shape index (κ2) is 5.68. The zero-order valence-electron chi connectivity index (χ0n) is 15.5. The van der Waals surface area contributed by atoms with Crippen molar-refractivity contribution in [2.24, 2.45) is 0 Å². The molecule has 3 heterocycles. The molecule has 0 N–H and O–H groups in total. The van der Waals surface area contributed by atoms with Crippen molar-refractivity contribution in [2.75, 3.05) is 7.11 Å². The van der Waals surface area contributed by atoms with Gasteiger partial charge in [0.05, 0.1) is 29.2 Å². The number of benzene rings is 3. The van der Waals surface area contributed by atoms with E-state index in [1.54, 1.807) is 16.3 Å². The minimum Gasteiger partial charge on any atom is -0.497 e. The molecule has 6 aromatic rings. The number of ether oxygens (including phenoxy) is 1. The summed E-state index contributed by atoms with van der Waals surface area (Å²) in [4.78, 5) is 13.4. The van der Waals surface area contributed by atoms with Gasteiger partial charge in [0.1, 0.15) is 5.75 Å². The fourth-order valence-corrected chi connectivity index (χ4v) is 3.90. The second-order valence-corrected chi connectivity index (χ2v) is 6.82. The van der Waals surface area contributed by atoms with Gasteiger partial charge in [0.2, 0.25) is 5.78 Å². The summed E-state index contributed by atoms with van der Waals surface area (Å²) in [6, 6.07) is 22.8. The molecule has 7 nitrogen and oxygen atoms in total. The summed E-state index contributed by atoms with van der Waals surface area (Å²) < 4.78 is 10.5. The number of aromatic nitrogens is 5. The lowest BCUT2D eigenvalue weighted by Gasteiger charge is -2.11. The van der Waals surface area contributed by atoms with E-state index in [2.05, 4.69) is 10.2 Å². The molecule has 3 aromatic carbocycles. The third-order valence-electron chi connectivity index (χ3n) is 5.24. The highest BCUT2D eigenvalue weighted by Gasteiger charge is 2.19. The van der Waals surface area contributed by atoms with E-state index in [1.807, 2.05) is 77.2 Å². The molecule has 0 radical (unpaired) electrons. The summed E-state index contributed by atoms with van der Waals surface area (Å²) in [5, 5.41) is 10.9. The molecular weight excluding hydrogens is 366 g/mol. The Kier molecular flexibility index (Phi) is 3.11. The number of fused-ring (bicyclic) bond motifs is 7. The largest absolute Gasteiger partial charge is 0.497 e. The van der Waals surface area contributed by atoms with Gasteiger partial charge in [0.25, 0.3) is 5.56 Å². The molecule has 0 aliphatic heterocycles. The van der Waals surface area contributed by atoms with Gasteiger partial charge in [0.15, 0.2) is 5.65 Å². The zero-order chi connectivity index (χ0) is 19.5. The van der Waals surface area contributed by atoms with E-state index < -0.39 is 0 Å². The van der Waals surface area contributed by atoms with Gasteiger partial charge < -0.3 is 4.74 Å². The molecule has 0 saturated carbocycles. The van der Waals surface area contributed by atoms with Gasteiger partial charge in [0, 0.05) is 5.39 Å². The van der Waals surface area contributed by atoms with Crippen molar-refractivity contribution in [1.82, 2.24) is 23.8 Å². The van der Waals surface area contributed by atoms with Crippen molar-refractivity contribution < 1.29 is 4.74 Å². The molecule has 7 heteroatoms. The summed E-state index contributed by atoms with van der Waals surface area (Å²) in [7, 11) is 1.62. The van der Waals surface area contributed by atoms with Gasteiger partial charge in [-0.15, -0.1) is 14.8 Å². The summed E-state index contributed by atoms with van der Waals surface area (Å²) in [6.45, 7) is 0. The van der Waals surface area contributed by atoms with Crippen LogP contribution in [0.4, 0.5) is 0 Å². The Morgan fingerprint density at radius 2 is 1.55 bits per heavy atom. The fraction of sp³-hybridized carbons (Fsp3) is 0.0455. The maximum Gasteiger partial charge on any atom is 0.267 e. The Balaban J connectivity index is 1.85. The minimum absolute atomic E-state index is 0.129. The summed E-state index contributed by atoms with van der Waals surface area (Å²) in [6.07, 6.45) is 0. The second-order valence-electron chi connectivity index (χ2n) is 6.82. The fourth-order valence-electron chi connectivity index (χ4n) is 3.90. The Morgan fingerprint density at radius 3 is 2.34 bits per heavy atom. The first kappa shape index (κ1) is 15.9. The van der Waals surface area contributed by atoms with Crippen LogP contribution in [-0.4, -0.2) is 30.9 Å². The van der Waals surface area contributed by atoms with Crippen molar-refractivity contribution in [3.63, 3.8) is 0 Å². The first-order chi connectivity index (χ1) is 14.3. The van der Waals surface area contributed by atoms with Crippen LogP contribution in [0.25, 0.3) is 38.9 Å². The maximum absolute atomic E-state index is 13.4. The van der Waals surface area contributed by atoms with Crippen LogP contribution in [0.1, 0.15) is 0 Å². The van der Waals surface area contributed by atoms with Crippen molar-refractivity contribution in [2.45, 2.75) is 0 Å². The normalized spacial score (nSPS) is 11.8. The van der Waals surface area contributed by atoms with E-state index in [0.29, 0.717) is 16.9 Å². The van der Waals surface area contributed by atoms with Crippen LogP contribution in [0.5, 0.6) is 5.75 Å². The Labute approximate surface area is 164 Å². The molecule has 0 atom stereocenters. The summed E-state index contributed by atoms with van der Waals surface area (Å²) in [5.41, 5.74) is 3.06. The van der Waals surface area contributed by atoms with E-state index in [1.165, 1.54) is 0 Å². The van der Waals surface area contributed by atoms with Crippen LogP contribution in [0.15, 0.2) is 77.6 Å². The molecule has 0 spiro atoms. The number of hydrogen-bond acceptors (Lipinski definition) is 4. The highest BCUT2D eigenvalue weighted by Crippen LogP contribution is 2.25. The molecule has 0 saturated heterocycles. The predicted molar refractivity (Wildman–Crippen MR) is 111 cm³/mol. The highest BCUT2D eigenvalue weighted by atomic mass is 16.5. The number of rotatable bonds is 2. The van der Waals surface area contributed by atoms with E-state index in [0.717, 1.165) is 27.8 Å². The van der Waals surface area contributed by atoms with Gasteiger partial charge in [-0.25, -0.2) is 4.57 Å². The first-order valence-electron chi connectivity index (χ1n) is 9.21. The topological polar surface area (TPSA) is 65.8 Å². The predicted octanol–water partition coefficient (Wildman–Crippen LogP) is 3.45. The number of hydrogen-bond donors (Lipinski definition) is 0. The monoisotopic (exact) mass is 381 g/mol. The molecular formula is C22H15N5O2. The molecule has 0 bridgehead atoms. The average Bonchev–Trinajstić information content (AvgIpc) is 3.30. The van der Waals surface area contributed by atoms with Gasteiger partial charge in [-0.05, 0) is 48.5 Å². The van der Waals surface area contributed by atoms with Gasteiger partial charge in [-0.1, -0.05) is 24.3 Å². The molecule has 0 aliphatic carbocycles. The van der Waals surface area contributed by atoms with Crippen LogP contribution >= 0.6 is 0 Å². The molecule has 0 aliphatic rings. The molecule has 6 rings (SSSR count). The van der Waals surface area contributed by atoms with E-state index in [-0.39, 0.29) is 5.56 Å². The zero-order valence-corrected chi connectivity index (χ0v) is 15.5. The van der Waals surface area contributed by atoms with E-state index in [4.69, 9.17) is 4.74 Å². The Hall–Kier alpha value is -4.13. The van der Waals surface area contributed by atoms with Crippen LogP contribution < -0.4 is 10.3 Å². The molecule has 0 fully saturated rings. The quantitative estimate of drug-likeness (QED) is 0.461. The minimum atomic E-state index is -0.129. The summed E-state index contributed by atoms with van der Waals surface area (Å²) >= 11 is 0. The van der Waals surface area contributed by atoms with E-state index in [9.17, 15) is 4.79 Å². The van der Waals surface area contributed by atoms with Gasteiger partial charge >= 0.3 is 0 Å². The lowest BCUT2D eigenvalue weighted by Crippen LogP contribution is -2.21. The van der Waals surface area contributed by atoms with Gasteiger partial charge in [-0.3, -0.25) is 9.20 Å². The van der Waals surface area contributed by atoms with Crippen molar-refractivity contribution >= 4 is 33.2 Å². The first-order valence-corrected chi connectivity index (χ1v) is 9.21. The molecule has 0 unspecified atom stereocenters. The van der Waals surface area contributed by atoms with Crippen LogP contribution in [0.3, 0.4) is 0 Å². The molecule has 0 amide bonds. The smallest absolute Gasteiger partial charge is 0.267 e. The number of para-hydroxylation sites is 1. The van der Waals surface area contributed by atoms with Crippen molar-refractivity contribution in [1.29, 1.82) is 0 Å².